The molecule has 0 saturated carbocycles. The lowest BCUT2D eigenvalue weighted by molar-refractivity contribution is 0.309. The zero-order chi connectivity index (χ0) is 15.1. The molecule has 0 saturated heterocycles. The van der Waals surface area contributed by atoms with Crippen LogP contribution in [-0.2, 0) is 6.54 Å². The van der Waals surface area contributed by atoms with Crippen molar-refractivity contribution in [3.05, 3.63) is 59.7 Å². The summed E-state index contributed by atoms with van der Waals surface area (Å²) in [5, 5.41) is 2.99. The maximum atomic E-state index is 13.1. The maximum absolute atomic E-state index is 13.1. The first-order valence-electron chi connectivity index (χ1n) is 7.09. The summed E-state index contributed by atoms with van der Waals surface area (Å²) < 4.78 is 31.7. The third-order valence-corrected chi connectivity index (χ3v) is 3.05. The molecule has 0 aliphatic carbocycles. The Bertz CT molecular complexity index is 549. The van der Waals surface area contributed by atoms with E-state index in [2.05, 4.69) is 12.2 Å². The van der Waals surface area contributed by atoms with Gasteiger partial charge in [-0.3, -0.25) is 0 Å². The molecule has 112 valence electrons. The molecule has 2 aromatic carbocycles. The van der Waals surface area contributed by atoms with E-state index in [1.54, 1.807) is 0 Å². The Hall–Kier alpha value is -2.10. The Morgan fingerprint density at radius 3 is 2.29 bits per heavy atom. The highest BCUT2D eigenvalue weighted by molar-refractivity contribution is 5.44. The number of rotatable bonds is 7. The van der Waals surface area contributed by atoms with Crippen LogP contribution in [0.5, 0.6) is 5.75 Å². The van der Waals surface area contributed by atoms with Crippen molar-refractivity contribution in [3.63, 3.8) is 0 Å². The standard InChI is InChI=1S/C17H19F2NO/c1-2-3-8-21-17-6-4-13(5-7-17)12-20-16-10-14(18)9-15(19)11-16/h4-7,9-11,20H,2-3,8,12H2,1H3. The van der Waals surface area contributed by atoms with Crippen molar-refractivity contribution < 1.29 is 13.5 Å². The Kier molecular flexibility index (Phi) is 5.55. The number of hydrogen-bond donors (Lipinski definition) is 1. The number of halogens is 2. The van der Waals surface area contributed by atoms with Gasteiger partial charge in [0.25, 0.3) is 0 Å². The Labute approximate surface area is 123 Å². The van der Waals surface area contributed by atoms with E-state index < -0.39 is 11.6 Å². The SMILES string of the molecule is CCCCOc1ccc(CNc2cc(F)cc(F)c2)cc1. The molecule has 0 atom stereocenters. The van der Waals surface area contributed by atoms with E-state index in [-0.39, 0.29) is 0 Å². The van der Waals surface area contributed by atoms with Crippen LogP contribution in [0.3, 0.4) is 0 Å². The van der Waals surface area contributed by atoms with Gasteiger partial charge in [0.1, 0.15) is 17.4 Å². The summed E-state index contributed by atoms with van der Waals surface area (Å²) in [5.41, 5.74) is 1.44. The summed E-state index contributed by atoms with van der Waals surface area (Å²) in [4.78, 5) is 0. The molecule has 0 bridgehead atoms. The zero-order valence-corrected chi connectivity index (χ0v) is 12.0. The Balaban J connectivity index is 1.88. The Morgan fingerprint density at radius 2 is 1.67 bits per heavy atom. The second kappa shape index (κ2) is 7.62. The summed E-state index contributed by atoms with van der Waals surface area (Å²) in [6, 6.07) is 11.1. The summed E-state index contributed by atoms with van der Waals surface area (Å²) in [6.07, 6.45) is 2.14. The van der Waals surface area contributed by atoms with Crippen LogP contribution in [0.15, 0.2) is 42.5 Å². The van der Waals surface area contributed by atoms with E-state index in [0.29, 0.717) is 12.2 Å². The summed E-state index contributed by atoms with van der Waals surface area (Å²) in [5.74, 6) is -0.335. The minimum absolute atomic E-state index is 0.427. The molecule has 21 heavy (non-hydrogen) atoms. The fourth-order valence-corrected chi connectivity index (χ4v) is 1.90. The quantitative estimate of drug-likeness (QED) is 0.743. The van der Waals surface area contributed by atoms with Gasteiger partial charge < -0.3 is 10.1 Å². The molecule has 2 rings (SSSR count). The van der Waals surface area contributed by atoms with Crippen molar-refractivity contribution in [1.82, 2.24) is 0 Å². The highest BCUT2D eigenvalue weighted by atomic mass is 19.1. The molecule has 2 aromatic rings. The molecule has 0 heterocycles. The molecule has 1 N–H and O–H groups in total. The van der Waals surface area contributed by atoms with Crippen molar-refractivity contribution >= 4 is 5.69 Å². The maximum Gasteiger partial charge on any atom is 0.128 e. The first-order valence-corrected chi connectivity index (χ1v) is 7.09. The van der Waals surface area contributed by atoms with Crippen LogP contribution in [0.2, 0.25) is 0 Å². The molecular weight excluding hydrogens is 272 g/mol. The van der Waals surface area contributed by atoms with Gasteiger partial charge in [-0.1, -0.05) is 25.5 Å². The first-order chi connectivity index (χ1) is 10.2. The predicted octanol–water partition coefficient (Wildman–Crippen LogP) is 4.76. The van der Waals surface area contributed by atoms with E-state index >= 15 is 0 Å². The van der Waals surface area contributed by atoms with E-state index in [4.69, 9.17) is 4.74 Å². The molecule has 0 radical (unpaired) electrons. The van der Waals surface area contributed by atoms with Crippen LogP contribution >= 0.6 is 0 Å². The number of nitrogens with one attached hydrogen (secondary N) is 1. The number of hydrogen-bond acceptors (Lipinski definition) is 2. The first kappa shape index (κ1) is 15.3. The molecule has 0 unspecified atom stereocenters. The second-order valence-corrected chi connectivity index (χ2v) is 4.86. The lowest BCUT2D eigenvalue weighted by Crippen LogP contribution is -2.01. The number of ether oxygens (including phenoxy) is 1. The van der Waals surface area contributed by atoms with Crippen molar-refractivity contribution in [2.24, 2.45) is 0 Å². The molecule has 4 heteroatoms. The highest BCUT2D eigenvalue weighted by Gasteiger charge is 2.01. The molecule has 0 fully saturated rings. The minimum Gasteiger partial charge on any atom is -0.494 e. The van der Waals surface area contributed by atoms with Crippen molar-refractivity contribution in [3.8, 4) is 5.75 Å². The van der Waals surface area contributed by atoms with Crippen LogP contribution in [0, 0.1) is 11.6 Å². The molecule has 2 nitrogen and oxygen atoms in total. The summed E-state index contributed by atoms with van der Waals surface area (Å²) in [7, 11) is 0. The van der Waals surface area contributed by atoms with Gasteiger partial charge in [0.2, 0.25) is 0 Å². The van der Waals surface area contributed by atoms with E-state index in [1.165, 1.54) is 12.1 Å². The van der Waals surface area contributed by atoms with Gasteiger partial charge in [-0.15, -0.1) is 0 Å². The molecule has 0 aliphatic rings. The Morgan fingerprint density at radius 1 is 1.00 bits per heavy atom. The molecule has 0 aliphatic heterocycles. The van der Waals surface area contributed by atoms with Crippen molar-refractivity contribution in [2.45, 2.75) is 26.3 Å². The van der Waals surface area contributed by atoms with Gasteiger partial charge in [-0.25, -0.2) is 8.78 Å². The van der Waals surface area contributed by atoms with Crippen LogP contribution in [0.1, 0.15) is 25.3 Å². The zero-order valence-electron chi connectivity index (χ0n) is 12.0. The van der Waals surface area contributed by atoms with Crippen LogP contribution in [0.25, 0.3) is 0 Å². The lowest BCUT2D eigenvalue weighted by Gasteiger charge is -2.09. The van der Waals surface area contributed by atoms with E-state index in [0.717, 1.165) is 36.8 Å². The average Bonchev–Trinajstić information content (AvgIpc) is 2.46. The second-order valence-electron chi connectivity index (χ2n) is 4.86. The molecule has 0 spiro atoms. The van der Waals surface area contributed by atoms with Crippen LogP contribution in [-0.4, -0.2) is 6.61 Å². The highest BCUT2D eigenvalue weighted by Crippen LogP contribution is 2.16. The number of anilines is 1. The number of benzene rings is 2. The smallest absolute Gasteiger partial charge is 0.128 e. The fraction of sp³-hybridized carbons (Fsp3) is 0.294. The third kappa shape index (κ3) is 5.06. The minimum atomic E-state index is -0.586. The van der Waals surface area contributed by atoms with Gasteiger partial charge in [0, 0.05) is 18.3 Å². The van der Waals surface area contributed by atoms with Gasteiger partial charge >= 0.3 is 0 Å². The van der Waals surface area contributed by atoms with Crippen molar-refractivity contribution in [1.29, 1.82) is 0 Å². The molecule has 0 aromatic heterocycles. The van der Waals surface area contributed by atoms with Gasteiger partial charge in [0.05, 0.1) is 6.61 Å². The van der Waals surface area contributed by atoms with E-state index in [9.17, 15) is 8.78 Å². The van der Waals surface area contributed by atoms with Gasteiger partial charge in [-0.05, 0) is 36.2 Å². The largest absolute Gasteiger partial charge is 0.494 e. The summed E-state index contributed by atoms with van der Waals surface area (Å²) in [6.45, 7) is 3.34. The fourth-order valence-electron chi connectivity index (χ4n) is 1.90. The number of unbranched alkanes of at least 4 members (excludes halogenated alkanes) is 1. The molecular formula is C17H19F2NO. The van der Waals surface area contributed by atoms with E-state index in [1.807, 2.05) is 24.3 Å². The molecule has 0 amide bonds. The normalized spacial score (nSPS) is 10.4. The van der Waals surface area contributed by atoms with Gasteiger partial charge in [0.15, 0.2) is 0 Å². The van der Waals surface area contributed by atoms with Crippen LogP contribution < -0.4 is 10.1 Å². The summed E-state index contributed by atoms with van der Waals surface area (Å²) >= 11 is 0. The predicted molar refractivity (Wildman–Crippen MR) is 80.5 cm³/mol. The van der Waals surface area contributed by atoms with Crippen molar-refractivity contribution in [2.75, 3.05) is 11.9 Å². The average molecular weight is 291 g/mol. The third-order valence-electron chi connectivity index (χ3n) is 3.05. The lowest BCUT2D eigenvalue weighted by atomic mass is 10.2. The monoisotopic (exact) mass is 291 g/mol. The van der Waals surface area contributed by atoms with Crippen LogP contribution in [0.4, 0.5) is 14.5 Å². The van der Waals surface area contributed by atoms with Gasteiger partial charge in [-0.2, -0.15) is 0 Å². The topological polar surface area (TPSA) is 21.3 Å².